The second kappa shape index (κ2) is 5.50. The van der Waals surface area contributed by atoms with E-state index in [1.54, 1.807) is 0 Å². The Kier molecular flexibility index (Phi) is 4.26. The molecule has 2 fully saturated rings. The Morgan fingerprint density at radius 3 is 2.75 bits per heavy atom. The fourth-order valence-corrected chi connectivity index (χ4v) is 3.00. The van der Waals surface area contributed by atoms with Crippen LogP contribution in [0.25, 0.3) is 0 Å². The Hall–Kier alpha value is -0.0800. The number of nitrogens with zero attached hydrogens (tertiary/aromatic N) is 1. The van der Waals surface area contributed by atoms with Crippen LogP contribution in [0, 0.1) is 5.92 Å². The molecule has 1 heterocycles. The van der Waals surface area contributed by atoms with Gasteiger partial charge in [-0.25, -0.2) is 0 Å². The maximum absolute atomic E-state index is 3.73. The molecular formula is C14H28N2. The topological polar surface area (TPSA) is 15.3 Å². The van der Waals surface area contributed by atoms with Crippen LogP contribution in [0.4, 0.5) is 0 Å². The van der Waals surface area contributed by atoms with Crippen LogP contribution in [-0.4, -0.2) is 36.1 Å². The third-order valence-electron chi connectivity index (χ3n) is 4.38. The Labute approximate surface area is 101 Å². The molecule has 1 aliphatic carbocycles. The van der Waals surface area contributed by atoms with Crippen molar-refractivity contribution in [3.63, 3.8) is 0 Å². The molecule has 0 aromatic rings. The van der Waals surface area contributed by atoms with Gasteiger partial charge in [0.2, 0.25) is 0 Å². The molecule has 3 unspecified atom stereocenters. The molecule has 1 N–H and O–H groups in total. The van der Waals surface area contributed by atoms with Crippen LogP contribution in [0.3, 0.4) is 0 Å². The van der Waals surface area contributed by atoms with Gasteiger partial charge in [0.15, 0.2) is 0 Å². The first kappa shape index (κ1) is 12.4. The number of nitrogens with one attached hydrogen (secondary N) is 1. The predicted molar refractivity (Wildman–Crippen MR) is 69.7 cm³/mol. The average Bonchev–Trinajstić information content (AvgIpc) is 3.10. The summed E-state index contributed by atoms with van der Waals surface area (Å²) in [5.41, 5.74) is 0. The lowest BCUT2D eigenvalue weighted by Gasteiger charge is -2.42. The summed E-state index contributed by atoms with van der Waals surface area (Å²) in [5.74, 6) is 0.994. The zero-order chi connectivity index (χ0) is 11.5. The highest BCUT2D eigenvalue weighted by Gasteiger charge is 2.37. The highest BCUT2D eigenvalue weighted by molar-refractivity contribution is 4.94. The summed E-state index contributed by atoms with van der Waals surface area (Å²) >= 11 is 0. The zero-order valence-electron chi connectivity index (χ0n) is 11.2. The van der Waals surface area contributed by atoms with E-state index in [0.29, 0.717) is 0 Å². The second-order valence-corrected chi connectivity index (χ2v) is 5.89. The van der Waals surface area contributed by atoms with Crippen molar-refractivity contribution in [3.8, 4) is 0 Å². The minimum absolute atomic E-state index is 0.724. The Morgan fingerprint density at radius 1 is 1.38 bits per heavy atom. The maximum Gasteiger partial charge on any atom is 0.0224 e. The third-order valence-corrected chi connectivity index (χ3v) is 4.38. The summed E-state index contributed by atoms with van der Waals surface area (Å²) in [7, 11) is 0. The first-order chi connectivity index (χ1) is 7.72. The van der Waals surface area contributed by atoms with Crippen molar-refractivity contribution >= 4 is 0 Å². The zero-order valence-corrected chi connectivity index (χ0v) is 11.2. The molecule has 1 saturated heterocycles. The monoisotopic (exact) mass is 224 g/mol. The summed E-state index contributed by atoms with van der Waals surface area (Å²) < 4.78 is 0. The SMILES string of the molecule is CCCCC(C)N1CC(C2CC2)NCC1C. The second-order valence-electron chi connectivity index (χ2n) is 5.89. The number of rotatable bonds is 5. The normalized spacial score (nSPS) is 33.9. The summed E-state index contributed by atoms with van der Waals surface area (Å²) in [6.07, 6.45) is 7.01. The Balaban J connectivity index is 1.84. The molecule has 0 aromatic carbocycles. The molecule has 0 radical (unpaired) electrons. The summed E-state index contributed by atoms with van der Waals surface area (Å²) in [5, 5.41) is 3.73. The van der Waals surface area contributed by atoms with Gasteiger partial charge >= 0.3 is 0 Å². The molecule has 94 valence electrons. The van der Waals surface area contributed by atoms with Gasteiger partial charge in [-0.15, -0.1) is 0 Å². The van der Waals surface area contributed by atoms with Crippen molar-refractivity contribution in [2.75, 3.05) is 13.1 Å². The first-order valence-electron chi connectivity index (χ1n) is 7.21. The van der Waals surface area contributed by atoms with Crippen molar-refractivity contribution in [3.05, 3.63) is 0 Å². The van der Waals surface area contributed by atoms with Crippen molar-refractivity contribution in [2.45, 2.75) is 71.0 Å². The summed E-state index contributed by atoms with van der Waals surface area (Å²) in [6, 6.07) is 2.29. The summed E-state index contributed by atoms with van der Waals surface area (Å²) in [4.78, 5) is 2.75. The van der Waals surface area contributed by atoms with Crippen LogP contribution >= 0.6 is 0 Å². The molecular weight excluding hydrogens is 196 g/mol. The fraction of sp³-hybridized carbons (Fsp3) is 1.00. The maximum atomic E-state index is 3.73. The van der Waals surface area contributed by atoms with Gasteiger partial charge in [-0.1, -0.05) is 19.8 Å². The van der Waals surface area contributed by atoms with Crippen molar-refractivity contribution < 1.29 is 0 Å². The molecule has 0 aromatic heterocycles. The van der Waals surface area contributed by atoms with Gasteiger partial charge in [0, 0.05) is 31.2 Å². The van der Waals surface area contributed by atoms with E-state index in [4.69, 9.17) is 0 Å². The van der Waals surface area contributed by atoms with Crippen molar-refractivity contribution in [1.29, 1.82) is 0 Å². The Bertz CT molecular complexity index is 213. The highest BCUT2D eigenvalue weighted by atomic mass is 15.2. The van der Waals surface area contributed by atoms with E-state index in [0.717, 1.165) is 24.0 Å². The minimum Gasteiger partial charge on any atom is -0.311 e. The molecule has 2 nitrogen and oxygen atoms in total. The van der Waals surface area contributed by atoms with Gasteiger partial charge in [-0.3, -0.25) is 4.90 Å². The molecule has 0 bridgehead atoms. The van der Waals surface area contributed by atoms with Crippen molar-refractivity contribution in [2.24, 2.45) is 5.92 Å². The standard InChI is InChI=1S/C14H28N2/c1-4-5-6-11(2)16-10-14(13-7-8-13)15-9-12(16)3/h11-15H,4-10H2,1-3H3. The van der Waals surface area contributed by atoms with Gasteiger partial charge in [-0.2, -0.15) is 0 Å². The van der Waals surface area contributed by atoms with Gasteiger partial charge in [0.1, 0.15) is 0 Å². The number of hydrogen-bond donors (Lipinski definition) is 1. The van der Waals surface area contributed by atoms with E-state index >= 15 is 0 Å². The van der Waals surface area contributed by atoms with Gasteiger partial charge in [-0.05, 0) is 39.0 Å². The van der Waals surface area contributed by atoms with Crippen molar-refractivity contribution in [1.82, 2.24) is 10.2 Å². The highest BCUT2D eigenvalue weighted by Crippen LogP contribution is 2.34. The molecule has 1 aliphatic heterocycles. The lowest BCUT2D eigenvalue weighted by atomic mass is 10.0. The van der Waals surface area contributed by atoms with Crippen LogP contribution in [0.1, 0.15) is 52.9 Å². The molecule has 2 rings (SSSR count). The minimum atomic E-state index is 0.724. The molecule has 2 aliphatic rings. The lowest BCUT2D eigenvalue weighted by molar-refractivity contribution is 0.0872. The van der Waals surface area contributed by atoms with Crippen LogP contribution in [0.2, 0.25) is 0 Å². The van der Waals surface area contributed by atoms with Crippen LogP contribution in [0.5, 0.6) is 0 Å². The molecule has 3 atom stereocenters. The molecule has 0 amide bonds. The lowest BCUT2D eigenvalue weighted by Crippen LogP contribution is -2.58. The van der Waals surface area contributed by atoms with E-state index in [-0.39, 0.29) is 0 Å². The van der Waals surface area contributed by atoms with Gasteiger partial charge < -0.3 is 5.32 Å². The largest absolute Gasteiger partial charge is 0.311 e. The number of piperazine rings is 1. The van der Waals surface area contributed by atoms with Crippen LogP contribution < -0.4 is 5.32 Å². The quantitative estimate of drug-likeness (QED) is 0.772. The Morgan fingerprint density at radius 2 is 2.12 bits per heavy atom. The third kappa shape index (κ3) is 2.98. The smallest absolute Gasteiger partial charge is 0.0224 e. The van der Waals surface area contributed by atoms with Gasteiger partial charge in [0.25, 0.3) is 0 Å². The fourth-order valence-electron chi connectivity index (χ4n) is 3.00. The molecule has 0 spiro atoms. The molecule has 1 saturated carbocycles. The average molecular weight is 224 g/mol. The van der Waals surface area contributed by atoms with E-state index in [9.17, 15) is 0 Å². The summed E-state index contributed by atoms with van der Waals surface area (Å²) in [6.45, 7) is 9.56. The van der Waals surface area contributed by atoms with E-state index < -0.39 is 0 Å². The van der Waals surface area contributed by atoms with Crippen LogP contribution in [0.15, 0.2) is 0 Å². The van der Waals surface area contributed by atoms with E-state index in [2.05, 4.69) is 31.0 Å². The van der Waals surface area contributed by atoms with Crippen LogP contribution in [-0.2, 0) is 0 Å². The molecule has 2 heteroatoms. The first-order valence-corrected chi connectivity index (χ1v) is 7.21. The van der Waals surface area contributed by atoms with E-state index in [1.165, 1.54) is 45.2 Å². The van der Waals surface area contributed by atoms with Gasteiger partial charge in [0.05, 0.1) is 0 Å². The van der Waals surface area contributed by atoms with E-state index in [1.807, 2.05) is 0 Å². The number of hydrogen-bond acceptors (Lipinski definition) is 2. The predicted octanol–water partition coefficient (Wildman–Crippen LogP) is 2.64. The molecule has 16 heavy (non-hydrogen) atoms. The number of unbranched alkanes of at least 4 members (excludes halogenated alkanes) is 1.